The lowest BCUT2D eigenvalue weighted by Gasteiger charge is -2.40. The van der Waals surface area contributed by atoms with Crippen LogP contribution < -0.4 is 5.73 Å². The summed E-state index contributed by atoms with van der Waals surface area (Å²) in [6, 6.07) is 0. The van der Waals surface area contributed by atoms with Crippen molar-refractivity contribution >= 4 is 29.0 Å². The standard InChI is InChI=1S/C13H26N2OS2/c1-12(2,16-3)5-8-15-9-6-13(18-4,7-10-15)11(14)17/h5-10H2,1-4H3,(H2,14,17). The van der Waals surface area contributed by atoms with E-state index in [0.717, 1.165) is 38.9 Å². The number of hydrogen-bond donors (Lipinski definition) is 1. The predicted molar refractivity (Wildman–Crippen MR) is 84.4 cm³/mol. The van der Waals surface area contributed by atoms with E-state index < -0.39 is 0 Å². The molecule has 3 nitrogen and oxygen atoms in total. The van der Waals surface area contributed by atoms with E-state index in [2.05, 4.69) is 25.0 Å². The normalized spacial score (nSPS) is 20.9. The van der Waals surface area contributed by atoms with Gasteiger partial charge in [-0.05, 0) is 52.5 Å². The Labute approximate surface area is 121 Å². The number of thiocarbonyl (C=S) groups is 1. The van der Waals surface area contributed by atoms with E-state index in [1.165, 1.54) is 0 Å². The van der Waals surface area contributed by atoms with Gasteiger partial charge in [0.05, 0.1) is 15.3 Å². The number of nitrogens with two attached hydrogens (primary N) is 1. The minimum absolute atomic E-state index is 0.0304. The quantitative estimate of drug-likeness (QED) is 0.760. The van der Waals surface area contributed by atoms with Gasteiger partial charge < -0.3 is 15.4 Å². The van der Waals surface area contributed by atoms with Gasteiger partial charge in [0.25, 0.3) is 0 Å². The van der Waals surface area contributed by atoms with Crippen LogP contribution >= 0.6 is 24.0 Å². The molecule has 1 saturated heterocycles. The third-order valence-corrected chi connectivity index (χ3v) is 6.02. The van der Waals surface area contributed by atoms with E-state index in [4.69, 9.17) is 22.7 Å². The van der Waals surface area contributed by atoms with Gasteiger partial charge in [-0.2, -0.15) is 11.8 Å². The van der Waals surface area contributed by atoms with Crippen LogP contribution in [0.4, 0.5) is 0 Å². The van der Waals surface area contributed by atoms with Gasteiger partial charge in [0.1, 0.15) is 0 Å². The van der Waals surface area contributed by atoms with E-state index in [0.29, 0.717) is 4.99 Å². The molecule has 0 aromatic carbocycles. The van der Waals surface area contributed by atoms with Crippen LogP contribution in [0.3, 0.4) is 0 Å². The number of rotatable bonds is 6. The van der Waals surface area contributed by atoms with E-state index in [1.807, 2.05) is 11.8 Å². The van der Waals surface area contributed by atoms with Crippen molar-refractivity contribution in [2.75, 3.05) is 33.0 Å². The molecule has 18 heavy (non-hydrogen) atoms. The molecule has 0 spiro atoms. The van der Waals surface area contributed by atoms with Crippen LogP contribution in [-0.2, 0) is 4.74 Å². The molecule has 0 aliphatic carbocycles. The average molecular weight is 290 g/mol. The summed E-state index contributed by atoms with van der Waals surface area (Å²) in [4.78, 5) is 3.17. The van der Waals surface area contributed by atoms with Gasteiger partial charge in [-0.25, -0.2) is 0 Å². The molecule has 0 bridgehead atoms. The van der Waals surface area contributed by atoms with Crippen molar-refractivity contribution in [2.45, 2.75) is 43.5 Å². The number of likely N-dealkylation sites (tertiary alicyclic amines) is 1. The average Bonchev–Trinajstić information content (AvgIpc) is 2.37. The first-order valence-electron chi connectivity index (χ1n) is 6.48. The van der Waals surface area contributed by atoms with Crippen LogP contribution in [0.25, 0.3) is 0 Å². The topological polar surface area (TPSA) is 38.5 Å². The van der Waals surface area contributed by atoms with Crippen molar-refractivity contribution in [2.24, 2.45) is 5.73 Å². The van der Waals surface area contributed by atoms with Gasteiger partial charge in [-0.1, -0.05) is 12.2 Å². The highest BCUT2D eigenvalue weighted by Gasteiger charge is 2.36. The van der Waals surface area contributed by atoms with Gasteiger partial charge in [-0.3, -0.25) is 0 Å². The zero-order valence-corrected chi connectivity index (χ0v) is 13.6. The Morgan fingerprint density at radius 1 is 1.44 bits per heavy atom. The summed E-state index contributed by atoms with van der Waals surface area (Å²) in [7, 11) is 1.78. The van der Waals surface area contributed by atoms with Crippen LogP contribution in [0.2, 0.25) is 0 Å². The summed E-state index contributed by atoms with van der Waals surface area (Å²) in [5, 5.41) is 0. The summed E-state index contributed by atoms with van der Waals surface area (Å²) < 4.78 is 5.49. The third-order valence-electron chi connectivity index (χ3n) is 4.09. The summed E-state index contributed by atoms with van der Waals surface area (Å²) in [5.74, 6) is 0. The summed E-state index contributed by atoms with van der Waals surface area (Å²) in [6.45, 7) is 7.52. The van der Waals surface area contributed by atoms with Crippen LogP contribution in [0.15, 0.2) is 0 Å². The Morgan fingerprint density at radius 3 is 2.39 bits per heavy atom. The Kier molecular flexibility index (Phi) is 5.90. The fourth-order valence-electron chi connectivity index (χ4n) is 2.22. The summed E-state index contributed by atoms with van der Waals surface area (Å²) in [5.41, 5.74) is 5.86. The first-order chi connectivity index (χ1) is 8.35. The number of hydrogen-bond acceptors (Lipinski definition) is 4. The van der Waals surface area contributed by atoms with Gasteiger partial charge >= 0.3 is 0 Å². The maximum atomic E-state index is 5.89. The molecule has 1 rings (SSSR count). The van der Waals surface area contributed by atoms with Crippen molar-refractivity contribution < 1.29 is 4.74 Å². The number of piperidine rings is 1. The summed E-state index contributed by atoms with van der Waals surface area (Å²) in [6.07, 6.45) is 5.31. The molecular formula is C13H26N2OS2. The van der Waals surface area contributed by atoms with Crippen molar-refractivity contribution in [3.8, 4) is 0 Å². The molecule has 1 fully saturated rings. The SMILES string of the molecule is COC(C)(C)CCN1CCC(SC)(C(N)=S)CC1. The molecule has 0 unspecified atom stereocenters. The van der Waals surface area contributed by atoms with Crippen LogP contribution in [-0.4, -0.2) is 53.2 Å². The second kappa shape index (κ2) is 6.55. The molecule has 0 radical (unpaired) electrons. The van der Waals surface area contributed by atoms with Crippen molar-refractivity contribution in [3.63, 3.8) is 0 Å². The number of thioether (sulfide) groups is 1. The van der Waals surface area contributed by atoms with E-state index in [-0.39, 0.29) is 10.3 Å². The maximum Gasteiger partial charge on any atom is 0.0891 e. The molecule has 0 aromatic heterocycles. The lowest BCUT2D eigenvalue weighted by atomic mass is 9.94. The third kappa shape index (κ3) is 4.08. The first-order valence-corrected chi connectivity index (χ1v) is 8.11. The van der Waals surface area contributed by atoms with E-state index >= 15 is 0 Å². The molecule has 0 amide bonds. The Balaban J connectivity index is 2.42. The smallest absolute Gasteiger partial charge is 0.0891 e. The molecule has 1 aliphatic heterocycles. The predicted octanol–water partition coefficient (Wildman–Crippen LogP) is 2.29. The maximum absolute atomic E-state index is 5.89. The van der Waals surface area contributed by atoms with Gasteiger partial charge in [0.2, 0.25) is 0 Å². The number of ether oxygens (including phenoxy) is 1. The number of methoxy groups -OCH3 is 1. The van der Waals surface area contributed by atoms with Gasteiger partial charge in [0.15, 0.2) is 0 Å². The van der Waals surface area contributed by atoms with E-state index in [9.17, 15) is 0 Å². The van der Waals surface area contributed by atoms with Crippen molar-refractivity contribution in [3.05, 3.63) is 0 Å². The monoisotopic (exact) mass is 290 g/mol. The molecule has 106 valence electrons. The Bertz CT molecular complexity index is 287. The van der Waals surface area contributed by atoms with Gasteiger partial charge in [-0.15, -0.1) is 0 Å². The second-order valence-electron chi connectivity index (χ2n) is 5.62. The fraction of sp³-hybridized carbons (Fsp3) is 0.923. The molecule has 0 saturated carbocycles. The largest absolute Gasteiger partial charge is 0.392 e. The minimum Gasteiger partial charge on any atom is -0.392 e. The van der Waals surface area contributed by atoms with Gasteiger partial charge in [0, 0.05) is 13.7 Å². The lowest BCUT2D eigenvalue weighted by molar-refractivity contribution is 0.00593. The Morgan fingerprint density at radius 2 is 2.00 bits per heavy atom. The zero-order chi connectivity index (χ0) is 13.8. The first kappa shape index (κ1) is 16.2. The van der Waals surface area contributed by atoms with E-state index in [1.54, 1.807) is 7.11 Å². The molecule has 1 aliphatic rings. The molecule has 0 aromatic rings. The summed E-state index contributed by atoms with van der Waals surface area (Å²) >= 11 is 7.04. The van der Waals surface area contributed by atoms with Crippen molar-refractivity contribution in [1.29, 1.82) is 0 Å². The Hall–Kier alpha value is 0.160. The second-order valence-corrected chi connectivity index (χ2v) is 7.25. The highest BCUT2D eigenvalue weighted by molar-refractivity contribution is 8.02. The highest BCUT2D eigenvalue weighted by Crippen LogP contribution is 2.35. The molecule has 0 atom stereocenters. The minimum atomic E-state index is -0.0305. The molecule has 5 heteroatoms. The molecule has 2 N–H and O–H groups in total. The molecule has 1 heterocycles. The van der Waals surface area contributed by atoms with Crippen LogP contribution in [0, 0.1) is 0 Å². The lowest BCUT2D eigenvalue weighted by Crippen LogP contribution is -2.49. The zero-order valence-electron chi connectivity index (χ0n) is 12.0. The highest BCUT2D eigenvalue weighted by atomic mass is 32.2. The number of nitrogens with zero attached hydrogens (tertiary/aromatic N) is 1. The molecular weight excluding hydrogens is 264 g/mol. The fourth-order valence-corrected chi connectivity index (χ4v) is 3.46. The van der Waals surface area contributed by atoms with Crippen molar-refractivity contribution in [1.82, 2.24) is 4.90 Å². The van der Waals surface area contributed by atoms with Crippen LogP contribution in [0.1, 0.15) is 33.1 Å². The van der Waals surface area contributed by atoms with Crippen LogP contribution in [0.5, 0.6) is 0 Å².